The highest BCUT2D eigenvalue weighted by Gasteiger charge is 2.16. The molecule has 3 nitrogen and oxygen atoms in total. The number of nitrogens with two attached hydrogens (primary N) is 1. The Hall–Kier alpha value is -1.29. The predicted molar refractivity (Wildman–Crippen MR) is 56.7 cm³/mol. The van der Waals surface area contributed by atoms with E-state index in [0.29, 0.717) is 18.5 Å². The summed E-state index contributed by atoms with van der Waals surface area (Å²) in [5, 5.41) is 9.46. The van der Waals surface area contributed by atoms with Crippen molar-refractivity contribution in [1.82, 2.24) is 0 Å². The van der Waals surface area contributed by atoms with Crippen LogP contribution in [0, 0.1) is 5.82 Å². The molecule has 0 aliphatic rings. The molecule has 0 aliphatic carbocycles. The largest absolute Gasteiger partial charge is 0.502 e. The van der Waals surface area contributed by atoms with E-state index in [9.17, 15) is 9.50 Å². The van der Waals surface area contributed by atoms with E-state index in [1.807, 2.05) is 6.92 Å². The Balaban J connectivity index is 3.06. The maximum atomic E-state index is 13.7. The number of benzene rings is 1. The Morgan fingerprint density at radius 1 is 1.53 bits per heavy atom. The van der Waals surface area contributed by atoms with Crippen LogP contribution in [0.25, 0.3) is 0 Å². The Morgan fingerprint density at radius 3 is 2.73 bits per heavy atom. The summed E-state index contributed by atoms with van der Waals surface area (Å²) in [4.78, 5) is 0. The molecule has 0 amide bonds. The highest BCUT2D eigenvalue weighted by Crippen LogP contribution is 2.34. The molecule has 0 radical (unpaired) electrons. The van der Waals surface area contributed by atoms with Crippen LogP contribution in [0.2, 0.25) is 0 Å². The standard InChI is InChI=1S/C11H16FNO2/c1-7(5-6-13)8-3-4-9(15-2)11(14)10(8)12/h3-4,7,14H,5-6,13H2,1-2H3. The van der Waals surface area contributed by atoms with Crippen LogP contribution < -0.4 is 10.5 Å². The Labute approximate surface area is 88.7 Å². The van der Waals surface area contributed by atoms with Crippen LogP contribution in [-0.2, 0) is 0 Å². The van der Waals surface area contributed by atoms with Gasteiger partial charge in [0.25, 0.3) is 0 Å². The van der Waals surface area contributed by atoms with E-state index in [4.69, 9.17) is 10.5 Å². The summed E-state index contributed by atoms with van der Waals surface area (Å²) < 4.78 is 18.5. The maximum absolute atomic E-state index is 13.7. The van der Waals surface area contributed by atoms with Gasteiger partial charge in [-0.15, -0.1) is 0 Å². The van der Waals surface area contributed by atoms with Gasteiger partial charge in [-0.2, -0.15) is 0 Å². The van der Waals surface area contributed by atoms with E-state index in [1.54, 1.807) is 12.1 Å². The van der Waals surface area contributed by atoms with E-state index in [0.717, 1.165) is 0 Å². The number of phenolic OH excluding ortho intramolecular Hbond substituents is 1. The van der Waals surface area contributed by atoms with Crippen LogP contribution in [0.1, 0.15) is 24.8 Å². The smallest absolute Gasteiger partial charge is 0.194 e. The fraction of sp³-hybridized carbons (Fsp3) is 0.455. The summed E-state index contributed by atoms with van der Waals surface area (Å²) >= 11 is 0. The zero-order valence-electron chi connectivity index (χ0n) is 8.96. The number of aromatic hydroxyl groups is 1. The molecule has 0 fully saturated rings. The molecule has 0 aromatic heterocycles. The summed E-state index contributed by atoms with van der Waals surface area (Å²) in [7, 11) is 1.39. The number of halogens is 1. The number of phenols is 1. The molecule has 0 saturated heterocycles. The van der Waals surface area contributed by atoms with Crippen molar-refractivity contribution < 1.29 is 14.2 Å². The zero-order chi connectivity index (χ0) is 11.4. The van der Waals surface area contributed by atoms with Gasteiger partial charge in [0.15, 0.2) is 17.3 Å². The zero-order valence-corrected chi connectivity index (χ0v) is 8.96. The van der Waals surface area contributed by atoms with Gasteiger partial charge in [-0.1, -0.05) is 13.0 Å². The first-order valence-electron chi connectivity index (χ1n) is 4.87. The van der Waals surface area contributed by atoms with Crippen LogP contribution in [0.5, 0.6) is 11.5 Å². The fourth-order valence-electron chi connectivity index (χ4n) is 1.51. The Kier molecular flexibility index (Phi) is 3.91. The number of ether oxygens (including phenoxy) is 1. The molecule has 15 heavy (non-hydrogen) atoms. The lowest BCUT2D eigenvalue weighted by atomic mass is 9.97. The van der Waals surface area contributed by atoms with Gasteiger partial charge in [0.1, 0.15) is 0 Å². The summed E-state index contributed by atoms with van der Waals surface area (Å²) in [5.74, 6) is -0.905. The Morgan fingerprint density at radius 2 is 2.20 bits per heavy atom. The third-order valence-corrected chi connectivity index (χ3v) is 2.46. The van der Waals surface area contributed by atoms with Crippen LogP contribution in [0.15, 0.2) is 12.1 Å². The molecule has 1 unspecified atom stereocenters. The lowest BCUT2D eigenvalue weighted by Crippen LogP contribution is -2.06. The molecular weight excluding hydrogens is 197 g/mol. The SMILES string of the molecule is COc1ccc(C(C)CCN)c(F)c1O. The lowest BCUT2D eigenvalue weighted by molar-refractivity contribution is 0.354. The van der Waals surface area contributed by atoms with Gasteiger partial charge in [-0.25, -0.2) is 4.39 Å². The van der Waals surface area contributed by atoms with Gasteiger partial charge < -0.3 is 15.6 Å². The van der Waals surface area contributed by atoms with Gasteiger partial charge in [0, 0.05) is 0 Å². The van der Waals surface area contributed by atoms with E-state index in [-0.39, 0.29) is 11.7 Å². The molecule has 0 spiro atoms. The predicted octanol–water partition coefficient (Wildman–Crippen LogP) is 1.99. The van der Waals surface area contributed by atoms with Gasteiger partial charge in [-0.3, -0.25) is 0 Å². The van der Waals surface area contributed by atoms with Crippen molar-refractivity contribution in [3.63, 3.8) is 0 Å². The number of rotatable bonds is 4. The minimum absolute atomic E-state index is 0.00759. The Bertz CT molecular complexity index is 342. The monoisotopic (exact) mass is 213 g/mol. The average Bonchev–Trinajstić information content (AvgIpc) is 2.22. The third-order valence-electron chi connectivity index (χ3n) is 2.46. The molecule has 0 aliphatic heterocycles. The number of hydrogen-bond donors (Lipinski definition) is 2. The first-order valence-corrected chi connectivity index (χ1v) is 4.87. The topological polar surface area (TPSA) is 55.5 Å². The van der Waals surface area contributed by atoms with Crippen molar-refractivity contribution in [2.75, 3.05) is 13.7 Å². The summed E-state index contributed by atoms with van der Waals surface area (Å²) in [5.41, 5.74) is 5.87. The van der Waals surface area contributed by atoms with Crippen molar-refractivity contribution in [2.24, 2.45) is 5.73 Å². The summed E-state index contributed by atoms with van der Waals surface area (Å²) in [6.45, 7) is 2.37. The maximum Gasteiger partial charge on any atom is 0.194 e. The highest BCUT2D eigenvalue weighted by atomic mass is 19.1. The van der Waals surface area contributed by atoms with Gasteiger partial charge >= 0.3 is 0 Å². The quantitative estimate of drug-likeness (QED) is 0.804. The molecule has 1 aromatic rings. The first-order chi connectivity index (χ1) is 7.11. The van der Waals surface area contributed by atoms with Gasteiger partial charge in [0.05, 0.1) is 7.11 Å². The molecule has 0 bridgehead atoms. The number of methoxy groups -OCH3 is 1. The van der Waals surface area contributed by atoms with Crippen LogP contribution in [0.4, 0.5) is 4.39 Å². The molecule has 4 heteroatoms. The minimum atomic E-state index is -0.615. The summed E-state index contributed by atoms with van der Waals surface area (Å²) in [6, 6.07) is 3.18. The molecule has 3 N–H and O–H groups in total. The third kappa shape index (κ3) is 2.39. The number of hydrogen-bond acceptors (Lipinski definition) is 3. The van der Waals surface area contributed by atoms with Crippen molar-refractivity contribution >= 4 is 0 Å². The normalized spacial score (nSPS) is 12.5. The second kappa shape index (κ2) is 4.98. The van der Waals surface area contributed by atoms with Crippen molar-refractivity contribution in [2.45, 2.75) is 19.3 Å². The second-order valence-corrected chi connectivity index (χ2v) is 3.50. The van der Waals surface area contributed by atoms with E-state index in [2.05, 4.69) is 0 Å². The van der Waals surface area contributed by atoms with Crippen molar-refractivity contribution in [1.29, 1.82) is 0 Å². The van der Waals surface area contributed by atoms with Crippen molar-refractivity contribution in [3.8, 4) is 11.5 Å². The van der Waals surface area contributed by atoms with Gasteiger partial charge in [0.2, 0.25) is 0 Å². The summed E-state index contributed by atoms with van der Waals surface area (Å²) in [6.07, 6.45) is 0.683. The first kappa shape index (κ1) is 11.8. The lowest BCUT2D eigenvalue weighted by Gasteiger charge is -2.13. The molecule has 1 atom stereocenters. The average molecular weight is 213 g/mol. The fourth-order valence-corrected chi connectivity index (χ4v) is 1.51. The molecule has 1 rings (SSSR count). The molecule has 0 saturated carbocycles. The van der Waals surface area contributed by atoms with E-state index < -0.39 is 11.6 Å². The molecular formula is C11H16FNO2. The van der Waals surface area contributed by atoms with Gasteiger partial charge in [-0.05, 0) is 30.5 Å². The van der Waals surface area contributed by atoms with E-state index in [1.165, 1.54) is 7.11 Å². The molecule has 1 aromatic carbocycles. The highest BCUT2D eigenvalue weighted by molar-refractivity contribution is 5.44. The second-order valence-electron chi connectivity index (χ2n) is 3.50. The molecule has 84 valence electrons. The van der Waals surface area contributed by atoms with Crippen LogP contribution in [-0.4, -0.2) is 18.8 Å². The van der Waals surface area contributed by atoms with Crippen LogP contribution >= 0.6 is 0 Å². The van der Waals surface area contributed by atoms with Crippen molar-refractivity contribution in [3.05, 3.63) is 23.5 Å². The molecule has 0 heterocycles. The minimum Gasteiger partial charge on any atom is -0.502 e. The van der Waals surface area contributed by atoms with Crippen LogP contribution in [0.3, 0.4) is 0 Å². The van der Waals surface area contributed by atoms with E-state index >= 15 is 0 Å².